The molecule has 0 aliphatic carbocycles. The van der Waals surface area contributed by atoms with E-state index in [1.807, 2.05) is 0 Å². The van der Waals surface area contributed by atoms with E-state index in [0.29, 0.717) is 0 Å². The van der Waals surface area contributed by atoms with E-state index in [2.05, 4.69) is 48.3 Å². The quantitative estimate of drug-likeness (QED) is 0.500. The van der Waals surface area contributed by atoms with Gasteiger partial charge in [-0.05, 0) is 50.0 Å². The number of allylic oxidation sites excluding steroid dienone is 1. The maximum absolute atomic E-state index is 13.2. The van der Waals surface area contributed by atoms with Crippen LogP contribution in [0.4, 0.5) is 30.5 Å². The minimum atomic E-state index is -4.32. The number of hydrogen-bond donors (Lipinski definition) is 2. The molecule has 1 aromatic carbocycles. The van der Waals surface area contributed by atoms with E-state index in [1.165, 1.54) is 31.4 Å². The first-order chi connectivity index (χ1) is 18.4. The molecule has 38 heavy (non-hydrogen) atoms. The van der Waals surface area contributed by atoms with Crippen LogP contribution >= 0.6 is 0 Å². The molecular formula is C28H38F3N7. The van der Waals surface area contributed by atoms with Crippen molar-refractivity contribution in [3.63, 3.8) is 0 Å². The minimum absolute atomic E-state index is 0.0558. The third kappa shape index (κ3) is 6.23. The van der Waals surface area contributed by atoms with Gasteiger partial charge in [-0.1, -0.05) is 38.0 Å². The van der Waals surface area contributed by atoms with Crippen molar-refractivity contribution in [3.8, 4) is 0 Å². The highest BCUT2D eigenvalue weighted by atomic mass is 19.4. The van der Waals surface area contributed by atoms with Gasteiger partial charge in [-0.25, -0.2) is 9.97 Å². The van der Waals surface area contributed by atoms with Gasteiger partial charge in [-0.3, -0.25) is 4.90 Å². The van der Waals surface area contributed by atoms with Crippen LogP contribution in [0.1, 0.15) is 56.2 Å². The van der Waals surface area contributed by atoms with Gasteiger partial charge in [-0.2, -0.15) is 13.2 Å². The summed E-state index contributed by atoms with van der Waals surface area (Å²) in [5.41, 5.74) is 2.41. The number of piperidine rings is 1. The summed E-state index contributed by atoms with van der Waals surface area (Å²) in [5, 5.41) is 6.95. The van der Waals surface area contributed by atoms with Gasteiger partial charge < -0.3 is 20.4 Å². The van der Waals surface area contributed by atoms with Crippen LogP contribution in [0.15, 0.2) is 42.4 Å². The molecule has 0 amide bonds. The second kappa shape index (κ2) is 11.9. The van der Waals surface area contributed by atoms with E-state index >= 15 is 0 Å². The number of nitrogens with zero attached hydrogens (tertiary/aromatic N) is 5. The zero-order valence-corrected chi connectivity index (χ0v) is 22.1. The molecule has 2 N–H and O–H groups in total. The molecule has 0 spiro atoms. The zero-order valence-electron chi connectivity index (χ0n) is 22.1. The minimum Gasteiger partial charge on any atom is -0.363 e. The van der Waals surface area contributed by atoms with Crippen molar-refractivity contribution < 1.29 is 13.2 Å². The monoisotopic (exact) mass is 529 g/mol. The first-order valence-electron chi connectivity index (χ1n) is 13.9. The van der Waals surface area contributed by atoms with Crippen LogP contribution in [0.5, 0.6) is 0 Å². The summed E-state index contributed by atoms with van der Waals surface area (Å²) in [6.07, 6.45) is 5.24. The molecule has 5 rings (SSSR count). The Morgan fingerprint density at radius 1 is 0.974 bits per heavy atom. The number of nitrogens with one attached hydrogen (secondary N) is 2. The molecule has 1 unspecified atom stereocenters. The van der Waals surface area contributed by atoms with Crippen molar-refractivity contribution >= 4 is 17.3 Å². The predicted octanol–water partition coefficient (Wildman–Crippen LogP) is 5.37. The lowest BCUT2D eigenvalue weighted by molar-refractivity contribution is -0.137. The number of anilines is 3. The Hall–Kier alpha value is -2.85. The maximum Gasteiger partial charge on any atom is 0.416 e. The fourth-order valence-corrected chi connectivity index (χ4v) is 5.65. The standard InChI is InChI=1S/C28H38F3N7/c1-2-3-7-23-18-32-26-25(35-23)27(34-20-33-26)38-16-14-37(15-17-38)24(19-36-12-5-4-6-13-36)21-8-10-22(11-9-21)28(29,30)31/h7-11,20,24,35H,2-6,12-19H2,1H3,(H,32,33,34)/b23-7-. The molecule has 206 valence electrons. The number of hydrogen-bond acceptors (Lipinski definition) is 7. The van der Waals surface area contributed by atoms with E-state index in [4.69, 9.17) is 0 Å². The summed E-state index contributed by atoms with van der Waals surface area (Å²) < 4.78 is 39.6. The van der Waals surface area contributed by atoms with Crippen molar-refractivity contribution in [2.45, 2.75) is 51.2 Å². The van der Waals surface area contributed by atoms with Gasteiger partial charge in [0.25, 0.3) is 0 Å². The maximum atomic E-state index is 13.2. The van der Waals surface area contributed by atoms with Crippen LogP contribution in [-0.4, -0.2) is 72.1 Å². The van der Waals surface area contributed by atoms with Crippen molar-refractivity contribution in [1.82, 2.24) is 19.8 Å². The lowest BCUT2D eigenvalue weighted by Gasteiger charge is -2.42. The van der Waals surface area contributed by atoms with Crippen molar-refractivity contribution in [2.75, 3.05) is 67.9 Å². The van der Waals surface area contributed by atoms with Crippen LogP contribution in [0, 0.1) is 0 Å². The summed E-state index contributed by atoms with van der Waals surface area (Å²) in [4.78, 5) is 16.3. The molecule has 3 aliphatic heterocycles. The van der Waals surface area contributed by atoms with E-state index < -0.39 is 11.7 Å². The zero-order chi connectivity index (χ0) is 26.5. The van der Waals surface area contributed by atoms with Gasteiger partial charge in [0.15, 0.2) is 11.6 Å². The van der Waals surface area contributed by atoms with Crippen molar-refractivity contribution in [3.05, 3.63) is 53.5 Å². The second-order valence-electron chi connectivity index (χ2n) is 10.4. The number of halogens is 3. The van der Waals surface area contributed by atoms with Gasteiger partial charge in [0.1, 0.15) is 12.0 Å². The first kappa shape index (κ1) is 26.7. The number of rotatable bonds is 7. The molecule has 1 atom stereocenters. The third-order valence-corrected chi connectivity index (χ3v) is 7.80. The molecule has 2 fully saturated rings. The lowest BCUT2D eigenvalue weighted by Crippen LogP contribution is -2.50. The second-order valence-corrected chi connectivity index (χ2v) is 10.4. The topological polar surface area (TPSA) is 59.6 Å². The number of alkyl halides is 3. The number of likely N-dealkylation sites (tertiary alicyclic amines) is 1. The fraction of sp³-hybridized carbons (Fsp3) is 0.571. The molecule has 4 heterocycles. The number of aromatic nitrogens is 2. The fourth-order valence-electron chi connectivity index (χ4n) is 5.65. The third-order valence-electron chi connectivity index (χ3n) is 7.80. The average Bonchev–Trinajstić information content (AvgIpc) is 2.95. The van der Waals surface area contributed by atoms with E-state index in [-0.39, 0.29) is 6.04 Å². The van der Waals surface area contributed by atoms with E-state index in [9.17, 15) is 13.2 Å². The molecule has 10 heteroatoms. The first-order valence-corrected chi connectivity index (χ1v) is 13.9. The van der Waals surface area contributed by atoms with Crippen LogP contribution in [0.25, 0.3) is 0 Å². The Morgan fingerprint density at radius 2 is 1.71 bits per heavy atom. The van der Waals surface area contributed by atoms with Crippen LogP contribution in [-0.2, 0) is 6.18 Å². The molecule has 1 aromatic heterocycles. The smallest absolute Gasteiger partial charge is 0.363 e. The summed E-state index contributed by atoms with van der Waals surface area (Å²) in [6, 6.07) is 5.85. The predicted molar refractivity (Wildman–Crippen MR) is 145 cm³/mol. The average molecular weight is 530 g/mol. The Balaban J connectivity index is 1.31. The van der Waals surface area contributed by atoms with Gasteiger partial charge in [-0.15, -0.1) is 0 Å². The van der Waals surface area contributed by atoms with Gasteiger partial charge in [0.2, 0.25) is 0 Å². The Bertz CT molecular complexity index is 1090. The van der Waals surface area contributed by atoms with Gasteiger partial charge in [0.05, 0.1) is 12.1 Å². The van der Waals surface area contributed by atoms with Crippen LogP contribution in [0.2, 0.25) is 0 Å². The van der Waals surface area contributed by atoms with Gasteiger partial charge >= 0.3 is 6.18 Å². The highest BCUT2D eigenvalue weighted by Crippen LogP contribution is 2.36. The molecule has 2 aromatic rings. The number of unbranched alkanes of at least 4 members (excludes halogenated alkanes) is 1. The van der Waals surface area contributed by atoms with Crippen LogP contribution < -0.4 is 15.5 Å². The number of benzene rings is 1. The van der Waals surface area contributed by atoms with Crippen molar-refractivity contribution in [2.24, 2.45) is 0 Å². The summed E-state index contributed by atoms with van der Waals surface area (Å²) in [5.74, 6) is 1.71. The van der Waals surface area contributed by atoms with E-state index in [1.54, 1.807) is 18.5 Å². The Kier molecular flexibility index (Phi) is 8.38. The number of fused-ring (bicyclic) bond motifs is 1. The molecular weight excluding hydrogens is 491 g/mol. The lowest BCUT2D eigenvalue weighted by atomic mass is 10.0. The highest BCUT2D eigenvalue weighted by Gasteiger charge is 2.32. The van der Waals surface area contributed by atoms with Crippen molar-refractivity contribution in [1.29, 1.82) is 0 Å². The SMILES string of the molecule is CCC/C=C1/CNc2ncnc(N3CCN(C(CN4CCCCC4)c4ccc(C(F)(F)F)cc4)CC3)c2N1. The van der Waals surface area contributed by atoms with E-state index in [0.717, 1.165) is 93.8 Å². The van der Waals surface area contributed by atoms with Crippen LogP contribution in [0.3, 0.4) is 0 Å². The molecule has 0 radical (unpaired) electrons. The number of piperazine rings is 1. The van der Waals surface area contributed by atoms with Gasteiger partial charge in [0, 0.05) is 44.5 Å². The molecule has 7 nitrogen and oxygen atoms in total. The summed E-state index contributed by atoms with van der Waals surface area (Å²) in [7, 11) is 0. The Labute approximate surface area is 223 Å². The molecule has 0 saturated carbocycles. The molecule has 0 bridgehead atoms. The molecule has 3 aliphatic rings. The Morgan fingerprint density at radius 3 is 2.39 bits per heavy atom. The summed E-state index contributed by atoms with van der Waals surface area (Å²) in [6.45, 7) is 9.03. The normalized spacial score (nSPS) is 21.1. The summed E-state index contributed by atoms with van der Waals surface area (Å²) >= 11 is 0. The molecule has 2 saturated heterocycles. The highest BCUT2D eigenvalue weighted by molar-refractivity contribution is 5.81. The largest absolute Gasteiger partial charge is 0.416 e.